The Kier molecular flexibility index (Phi) is 8.52. The highest BCUT2D eigenvalue weighted by molar-refractivity contribution is 5.90. The Bertz CT molecular complexity index is 765. The number of benzene rings is 1. The fourth-order valence-corrected chi connectivity index (χ4v) is 2.51. The summed E-state index contributed by atoms with van der Waals surface area (Å²) in [5.41, 5.74) is 2.82. The average Bonchev–Trinajstić information content (AvgIpc) is 3.15. The minimum absolute atomic E-state index is 0.0416. The van der Waals surface area contributed by atoms with E-state index in [4.69, 9.17) is 4.52 Å². The molecular weight excluding hydrogens is 354 g/mol. The first-order valence-electron chi connectivity index (χ1n) is 9.88. The highest BCUT2D eigenvalue weighted by atomic mass is 16.5. The second-order valence-electron chi connectivity index (χ2n) is 6.92. The number of aliphatic imine (C=N–C) groups is 1. The predicted octanol–water partition coefficient (Wildman–Crippen LogP) is 3.79. The zero-order valence-corrected chi connectivity index (χ0v) is 17.2. The maximum atomic E-state index is 11.7. The van der Waals surface area contributed by atoms with Gasteiger partial charge in [-0.2, -0.15) is 0 Å². The number of anilines is 1. The Hall–Kier alpha value is -2.83. The molecule has 0 radical (unpaired) electrons. The van der Waals surface area contributed by atoms with E-state index in [0.717, 1.165) is 35.7 Å². The molecule has 0 bridgehead atoms. The number of nitrogens with one attached hydrogen (secondary N) is 3. The lowest BCUT2D eigenvalue weighted by Gasteiger charge is -2.10. The SMILES string of the molecule is CCCC(=O)Nc1ccc(CN=C(NCC)NCc2cc(C(C)C)no2)cc1. The van der Waals surface area contributed by atoms with Crippen LogP contribution in [-0.4, -0.2) is 23.6 Å². The third kappa shape index (κ3) is 7.06. The molecule has 0 saturated carbocycles. The second kappa shape index (κ2) is 11.1. The van der Waals surface area contributed by atoms with E-state index in [0.29, 0.717) is 31.4 Å². The quantitative estimate of drug-likeness (QED) is 0.451. The normalized spacial score (nSPS) is 11.5. The average molecular weight is 386 g/mol. The van der Waals surface area contributed by atoms with E-state index in [2.05, 4.69) is 39.9 Å². The molecule has 0 aliphatic heterocycles. The van der Waals surface area contributed by atoms with Crippen LogP contribution in [0, 0.1) is 0 Å². The minimum Gasteiger partial charge on any atom is -0.359 e. The van der Waals surface area contributed by atoms with E-state index < -0.39 is 0 Å². The fourth-order valence-electron chi connectivity index (χ4n) is 2.51. The first-order valence-corrected chi connectivity index (χ1v) is 9.88. The van der Waals surface area contributed by atoms with Gasteiger partial charge in [0.1, 0.15) is 0 Å². The van der Waals surface area contributed by atoms with Crippen LogP contribution < -0.4 is 16.0 Å². The van der Waals surface area contributed by atoms with Gasteiger partial charge in [-0.1, -0.05) is 38.1 Å². The summed E-state index contributed by atoms with van der Waals surface area (Å²) in [7, 11) is 0. The summed E-state index contributed by atoms with van der Waals surface area (Å²) in [5.74, 6) is 1.88. The highest BCUT2D eigenvalue weighted by Gasteiger charge is 2.08. The topological polar surface area (TPSA) is 91.5 Å². The van der Waals surface area contributed by atoms with Gasteiger partial charge >= 0.3 is 0 Å². The van der Waals surface area contributed by atoms with Crippen LogP contribution in [0.3, 0.4) is 0 Å². The zero-order valence-electron chi connectivity index (χ0n) is 17.2. The Morgan fingerprint density at radius 2 is 1.93 bits per heavy atom. The summed E-state index contributed by atoms with van der Waals surface area (Å²) in [5, 5.41) is 13.4. The van der Waals surface area contributed by atoms with Crippen molar-refractivity contribution in [3.8, 4) is 0 Å². The molecule has 0 aliphatic rings. The molecule has 152 valence electrons. The molecular formula is C21H31N5O2. The summed E-state index contributed by atoms with van der Waals surface area (Å²) in [6.45, 7) is 10.0. The maximum Gasteiger partial charge on any atom is 0.224 e. The lowest BCUT2D eigenvalue weighted by Crippen LogP contribution is -2.36. The Morgan fingerprint density at radius 3 is 2.54 bits per heavy atom. The van der Waals surface area contributed by atoms with Crippen LogP contribution >= 0.6 is 0 Å². The van der Waals surface area contributed by atoms with Gasteiger partial charge in [0.15, 0.2) is 11.7 Å². The van der Waals surface area contributed by atoms with Crippen molar-refractivity contribution in [1.29, 1.82) is 0 Å². The molecule has 0 aliphatic carbocycles. The van der Waals surface area contributed by atoms with E-state index in [1.165, 1.54) is 0 Å². The van der Waals surface area contributed by atoms with Gasteiger partial charge in [0.2, 0.25) is 5.91 Å². The molecule has 0 saturated heterocycles. The number of aromatic nitrogens is 1. The molecule has 7 nitrogen and oxygen atoms in total. The van der Waals surface area contributed by atoms with Crippen molar-refractivity contribution in [3.05, 3.63) is 47.3 Å². The molecule has 1 heterocycles. The maximum absolute atomic E-state index is 11.7. The number of rotatable bonds is 9. The number of guanidine groups is 1. The lowest BCUT2D eigenvalue weighted by atomic mass is 10.1. The number of hydrogen-bond acceptors (Lipinski definition) is 4. The zero-order chi connectivity index (χ0) is 20.4. The van der Waals surface area contributed by atoms with E-state index in [1.807, 2.05) is 44.2 Å². The summed E-state index contributed by atoms with van der Waals surface area (Å²) in [6, 6.07) is 9.72. The highest BCUT2D eigenvalue weighted by Crippen LogP contribution is 2.14. The van der Waals surface area contributed by atoms with Crippen molar-refractivity contribution in [2.24, 2.45) is 4.99 Å². The minimum atomic E-state index is 0.0416. The number of carbonyl (C=O) groups is 1. The Labute approximate surface area is 167 Å². The third-order valence-electron chi connectivity index (χ3n) is 4.08. The number of carbonyl (C=O) groups excluding carboxylic acids is 1. The van der Waals surface area contributed by atoms with Crippen LogP contribution in [0.15, 0.2) is 39.8 Å². The molecule has 2 aromatic rings. The van der Waals surface area contributed by atoms with Crippen LogP contribution in [0.2, 0.25) is 0 Å². The molecule has 3 N–H and O–H groups in total. The summed E-state index contributed by atoms with van der Waals surface area (Å²) in [4.78, 5) is 16.3. The van der Waals surface area contributed by atoms with Crippen LogP contribution in [0.4, 0.5) is 5.69 Å². The number of nitrogens with zero attached hydrogens (tertiary/aromatic N) is 2. The molecule has 0 spiro atoms. The molecule has 1 aromatic heterocycles. The number of amides is 1. The monoisotopic (exact) mass is 385 g/mol. The molecule has 0 fully saturated rings. The van der Waals surface area contributed by atoms with Gasteiger partial charge in [0, 0.05) is 24.7 Å². The van der Waals surface area contributed by atoms with Gasteiger partial charge in [0.25, 0.3) is 0 Å². The van der Waals surface area contributed by atoms with Crippen LogP contribution in [0.1, 0.15) is 63.5 Å². The molecule has 28 heavy (non-hydrogen) atoms. The molecule has 0 atom stereocenters. The van der Waals surface area contributed by atoms with Crippen molar-refractivity contribution in [2.75, 3.05) is 11.9 Å². The van der Waals surface area contributed by atoms with Crippen LogP contribution in [0.5, 0.6) is 0 Å². The van der Waals surface area contributed by atoms with Crippen LogP contribution in [-0.2, 0) is 17.9 Å². The van der Waals surface area contributed by atoms with Gasteiger partial charge in [-0.05, 0) is 37.0 Å². The lowest BCUT2D eigenvalue weighted by molar-refractivity contribution is -0.116. The van der Waals surface area contributed by atoms with Gasteiger partial charge < -0.3 is 20.5 Å². The second-order valence-corrected chi connectivity index (χ2v) is 6.92. The molecule has 2 rings (SSSR count). The first kappa shape index (κ1) is 21.5. The molecule has 0 unspecified atom stereocenters. The first-order chi connectivity index (χ1) is 13.5. The Balaban J connectivity index is 1.91. The third-order valence-corrected chi connectivity index (χ3v) is 4.08. The van der Waals surface area contributed by atoms with Crippen molar-refractivity contribution >= 4 is 17.6 Å². The van der Waals surface area contributed by atoms with Gasteiger partial charge in [-0.3, -0.25) is 4.79 Å². The summed E-state index contributed by atoms with van der Waals surface area (Å²) >= 11 is 0. The molecule has 1 aromatic carbocycles. The Morgan fingerprint density at radius 1 is 1.18 bits per heavy atom. The van der Waals surface area contributed by atoms with E-state index >= 15 is 0 Å². The number of hydrogen-bond donors (Lipinski definition) is 3. The summed E-state index contributed by atoms with van der Waals surface area (Å²) < 4.78 is 5.35. The summed E-state index contributed by atoms with van der Waals surface area (Å²) in [6.07, 6.45) is 1.37. The molecule has 7 heteroatoms. The van der Waals surface area contributed by atoms with Crippen molar-refractivity contribution < 1.29 is 9.32 Å². The largest absolute Gasteiger partial charge is 0.359 e. The standard InChI is InChI=1S/C21H31N5O2/c1-5-7-20(27)25-17-10-8-16(9-11-17)13-23-21(22-6-2)24-14-18-12-19(15(3)4)26-28-18/h8-12,15H,5-7,13-14H2,1-4H3,(H,25,27)(H2,22,23,24). The van der Waals surface area contributed by atoms with Gasteiger partial charge in [-0.25, -0.2) is 4.99 Å². The molecule has 1 amide bonds. The van der Waals surface area contributed by atoms with Crippen molar-refractivity contribution in [3.63, 3.8) is 0 Å². The van der Waals surface area contributed by atoms with E-state index in [1.54, 1.807) is 0 Å². The predicted molar refractivity (Wildman–Crippen MR) is 112 cm³/mol. The van der Waals surface area contributed by atoms with E-state index in [-0.39, 0.29) is 5.91 Å². The van der Waals surface area contributed by atoms with Gasteiger partial charge in [-0.15, -0.1) is 0 Å². The van der Waals surface area contributed by atoms with Crippen molar-refractivity contribution in [1.82, 2.24) is 15.8 Å². The van der Waals surface area contributed by atoms with Gasteiger partial charge in [0.05, 0.1) is 18.8 Å². The van der Waals surface area contributed by atoms with E-state index in [9.17, 15) is 4.79 Å². The fraction of sp³-hybridized carbons (Fsp3) is 0.476. The smallest absolute Gasteiger partial charge is 0.224 e. The van der Waals surface area contributed by atoms with Crippen LogP contribution in [0.25, 0.3) is 0 Å². The van der Waals surface area contributed by atoms with Crippen molar-refractivity contribution in [2.45, 2.75) is 59.5 Å².